The monoisotopic (exact) mass is 180 g/mol. The number of hydrogen-bond donors (Lipinski definition) is 3. The predicted octanol–water partition coefficient (Wildman–Crippen LogP) is 0.724. The second-order valence-electron chi connectivity index (χ2n) is 2.65. The molecule has 1 aromatic heterocycles. The van der Waals surface area contributed by atoms with E-state index in [2.05, 4.69) is 15.6 Å². The fourth-order valence-corrected chi connectivity index (χ4v) is 0.866. The first-order valence-corrected chi connectivity index (χ1v) is 3.84. The number of amides is 2. The summed E-state index contributed by atoms with van der Waals surface area (Å²) in [4.78, 5) is 14.9. The van der Waals surface area contributed by atoms with Crippen LogP contribution < -0.4 is 16.4 Å². The highest BCUT2D eigenvalue weighted by Crippen LogP contribution is 2.15. The lowest BCUT2D eigenvalue weighted by Gasteiger charge is -2.06. The molecule has 0 saturated carbocycles. The Morgan fingerprint density at radius 2 is 2.31 bits per heavy atom. The van der Waals surface area contributed by atoms with E-state index in [1.165, 1.54) is 7.05 Å². The van der Waals surface area contributed by atoms with Crippen molar-refractivity contribution in [2.24, 2.45) is 0 Å². The number of nitrogens with zero attached hydrogens (tertiary/aromatic N) is 1. The molecule has 1 heterocycles. The predicted molar refractivity (Wildman–Crippen MR) is 51.5 cm³/mol. The molecule has 1 rings (SSSR count). The van der Waals surface area contributed by atoms with E-state index in [4.69, 9.17) is 5.73 Å². The summed E-state index contributed by atoms with van der Waals surface area (Å²) in [5, 5.41) is 4.91. The maximum atomic E-state index is 10.9. The number of urea groups is 1. The second-order valence-corrected chi connectivity index (χ2v) is 2.65. The van der Waals surface area contributed by atoms with Gasteiger partial charge in [-0.25, -0.2) is 9.78 Å². The van der Waals surface area contributed by atoms with Crippen LogP contribution in [-0.2, 0) is 0 Å². The van der Waals surface area contributed by atoms with Gasteiger partial charge in [0.1, 0.15) is 0 Å². The summed E-state index contributed by atoms with van der Waals surface area (Å²) in [7, 11) is 1.53. The van der Waals surface area contributed by atoms with Crippen LogP contribution in [0.3, 0.4) is 0 Å². The summed E-state index contributed by atoms with van der Waals surface area (Å²) >= 11 is 0. The van der Waals surface area contributed by atoms with Crippen molar-refractivity contribution in [1.29, 1.82) is 0 Å². The summed E-state index contributed by atoms with van der Waals surface area (Å²) in [6.07, 6.45) is 1.64. The molecule has 0 aliphatic heterocycles. The first-order valence-electron chi connectivity index (χ1n) is 3.84. The molecule has 5 nitrogen and oxygen atoms in total. The summed E-state index contributed by atoms with van der Waals surface area (Å²) in [6.45, 7) is 1.88. The van der Waals surface area contributed by atoms with E-state index in [0.717, 1.165) is 5.56 Å². The van der Waals surface area contributed by atoms with Gasteiger partial charge in [0.2, 0.25) is 0 Å². The standard InChI is InChI=1S/C8H12N4O/c1-5-3-6(9)7(11-4-5)12-8(13)10-2/h3-4H,9H2,1-2H3,(H2,10,11,12,13). The Morgan fingerprint density at radius 1 is 1.62 bits per heavy atom. The third-order valence-corrected chi connectivity index (χ3v) is 1.51. The third kappa shape index (κ3) is 2.33. The van der Waals surface area contributed by atoms with Gasteiger partial charge in [0.05, 0.1) is 5.69 Å². The molecule has 70 valence electrons. The van der Waals surface area contributed by atoms with Crippen molar-refractivity contribution < 1.29 is 4.79 Å². The molecule has 0 aromatic carbocycles. The van der Waals surface area contributed by atoms with Crippen molar-refractivity contribution in [1.82, 2.24) is 10.3 Å². The van der Waals surface area contributed by atoms with E-state index >= 15 is 0 Å². The summed E-state index contributed by atoms with van der Waals surface area (Å²) in [5.74, 6) is 0.380. The largest absolute Gasteiger partial charge is 0.396 e. The molecule has 0 aliphatic rings. The quantitative estimate of drug-likeness (QED) is 0.595. The maximum absolute atomic E-state index is 10.9. The normalized spacial score (nSPS) is 9.38. The van der Waals surface area contributed by atoms with Crippen molar-refractivity contribution in [2.45, 2.75) is 6.92 Å². The smallest absolute Gasteiger partial charge is 0.320 e. The van der Waals surface area contributed by atoms with Crippen LogP contribution in [0.15, 0.2) is 12.3 Å². The van der Waals surface area contributed by atoms with Crippen LogP contribution in [0.4, 0.5) is 16.3 Å². The van der Waals surface area contributed by atoms with Crippen LogP contribution >= 0.6 is 0 Å². The number of anilines is 2. The highest BCUT2D eigenvalue weighted by molar-refractivity contribution is 5.90. The van der Waals surface area contributed by atoms with Gasteiger partial charge in [-0.3, -0.25) is 5.32 Å². The van der Waals surface area contributed by atoms with Crippen molar-refractivity contribution >= 4 is 17.5 Å². The van der Waals surface area contributed by atoms with Gasteiger partial charge in [0, 0.05) is 13.2 Å². The number of nitrogens with one attached hydrogen (secondary N) is 2. The van der Waals surface area contributed by atoms with Crippen molar-refractivity contribution in [2.75, 3.05) is 18.1 Å². The summed E-state index contributed by atoms with van der Waals surface area (Å²) in [6, 6.07) is 1.42. The lowest BCUT2D eigenvalue weighted by Crippen LogP contribution is -2.25. The average Bonchev–Trinajstić information content (AvgIpc) is 2.09. The molecular weight excluding hydrogens is 168 g/mol. The van der Waals surface area contributed by atoms with Gasteiger partial charge >= 0.3 is 6.03 Å². The molecule has 13 heavy (non-hydrogen) atoms. The van der Waals surface area contributed by atoms with Gasteiger partial charge in [0.25, 0.3) is 0 Å². The van der Waals surface area contributed by atoms with E-state index in [1.807, 2.05) is 6.92 Å². The van der Waals surface area contributed by atoms with Crippen LogP contribution in [0.2, 0.25) is 0 Å². The number of nitrogens with two attached hydrogens (primary N) is 1. The molecule has 0 unspecified atom stereocenters. The van der Waals surface area contributed by atoms with Gasteiger partial charge < -0.3 is 11.1 Å². The number of aromatic nitrogens is 1. The van der Waals surface area contributed by atoms with E-state index in [9.17, 15) is 4.79 Å². The lowest BCUT2D eigenvalue weighted by atomic mass is 10.3. The topological polar surface area (TPSA) is 80.0 Å². The number of nitrogen functional groups attached to an aromatic ring is 1. The Labute approximate surface area is 76.3 Å². The molecule has 2 amide bonds. The summed E-state index contributed by atoms with van der Waals surface area (Å²) < 4.78 is 0. The Morgan fingerprint density at radius 3 is 2.85 bits per heavy atom. The molecule has 0 bridgehead atoms. The fourth-order valence-electron chi connectivity index (χ4n) is 0.866. The highest BCUT2D eigenvalue weighted by Gasteiger charge is 2.03. The minimum atomic E-state index is -0.331. The lowest BCUT2D eigenvalue weighted by molar-refractivity contribution is 0.254. The number of pyridine rings is 1. The minimum Gasteiger partial charge on any atom is -0.396 e. The van der Waals surface area contributed by atoms with E-state index < -0.39 is 0 Å². The molecule has 0 fully saturated rings. The van der Waals surface area contributed by atoms with E-state index in [-0.39, 0.29) is 6.03 Å². The number of carbonyl (C=O) groups is 1. The van der Waals surface area contributed by atoms with Gasteiger partial charge in [-0.1, -0.05) is 0 Å². The molecular formula is C8H12N4O. The van der Waals surface area contributed by atoms with Crippen LogP contribution in [0.1, 0.15) is 5.56 Å². The molecule has 1 aromatic rings. The van der Waals surface area contributed by atoms with E-state index in [0.29, 0.717) is 11.5 Å². The first-order chi connectivity index (χ1) is 6.13. The zero-order valence-corrected chi connectivity index (χ0v) is 7.59. The van der Waals surface area contributed by atoms with Gasteiger partial charge in [-0.05, 0) is 18.6 Å². The van der Waals surface area contributed by atoms with Crippen LogP contribution in [-0.4, -0.2) is 18.1 Å². The van der Waals surface area contributed by atoms with Crippen molar-refractivity contribution in [3.63, 3.8) is 0 Å². The van der Waals surface area contributed by atoms with Gasteiger partial charge in [-0.2, -0.15) is 0 Å². The Bertz CT molecular complexity index is 324. The molecule has 5 heteroatoms. The Balaban J connectivity index is 2.83. The zero-order valence-electron chi connectivity index (χ0n) is 7.59. The van der Waals surface area contributed by atoms with Crippen LogP contribution in [0, 0.1) is 6.92 Å². The third-order valence-electron chi connectivity index (χ3n) is 1.51. The van der Waals surface area contributed by atoms with Gasteiger partial charge in [-0.15, -0.1) is 0 Å². The first kappa shape index (κ1) is 9.31. The van der Waals surface area contributed by atoms with Crippen LogP contribution in [0.5, 0.6) is 0 Å². The minimum absolute atomic E-state index is 0.331. The molecule has 0 spiro atoms. The van der Waals surface area contributed by atoms with E-state index in [1.54, 1.807) is 12.3 Å². The maximum Gasteiger partial charge on any atom is 0.320 e. The van der Waals surface area contributed by atoms with Crippen molar-refractivity contribution in [3.05, 3.63) is 17.8 Å². The van der Waals surface area contributed by atoms with Crippen molar-refractivity contribution in [3.8, 4) is 0 Å². The number of aryl methyl sites for hydroxylation is 1. The Kier molecular flexibility index (Phi) is 2.69. The zero-order chi connectivity index (χ0) is 9.84. The average molecular weight is 180 g/mol. The number of rotatable bonds is 1. The molecule has 4 N–H and O–H groups in total. The number of hydrogen-bond acceptors (Lipinski definition) is 3. The molecule has 0 radical (unpaired) electrons. The van der Waals surface area contributed by atoms with Gasteiger partial charge in [0.15, 0.2) is 5.82 Å². The SMILES string of the molecule is CNC(=O)Nc1ncc(C)cc1N. The fraction of sp³-hybridized carbons (Fsp3) is 0.250. The Hall–Kier alpha value is -1.78. The highest BCUT2D eigenvalue weighted by atomic mass is 16.2. The molecule has 0 atom stereocenters. The second kappa shape index (κ2) is 3.75. The number of carbonyl (C=O) groups excluding carboxylic acids is 1. The molecule has 0 saturated heterocycles. The van der Waals surface area contributed by atoms with Crippen LogP contribution in [0.25, 0.3) is 0 Å². The molecule has 0 aliphatic carbocycles. The summed E-state index contributed by atoms with van der Waals surface area (Å²) in [5.41, 5.74) is 7.04.